The minimum atomic E-state index is 0.510. The van der Waals surface area contributed by atoms with Crippen molar-refractivity contribution in [3.8, 4) is 0 Å². The van der Waals surface area contributed by atoms with Crippen LogP contribution < -0.4 is 11.2 Å². The highest BCUT2D eigenvalue weighted by molar-refractivity contribution is 4.82. The molecule has 2 rings (SSSR count). The van der Waals surface area contributed by atoms with Crippen LogP contribution in [0.4, 0.5) is 0 Å². The summed E-state index contributed by atoms with van der Waals surface area (Å²) in [4.78, 5) is 0. The Morgan fingerprint density at radius 1 is 1.18 bits per heavy atom. The molecule has 1 heterocycles. The molecule has 0 aromatic carbocycles. The van der Waals surface area contributed by atoms with Crippen molar-refractivity contribution < 1.29 is 0 Å². The van der Waals surface area contributed by atoms with Gasteiger partial charge in [-0.1, -0.05) is 26.2 Å². The van der Waals surface area contributed by atoms with Crippen LogP contribution in [0.1, 0.15) is 51.9 Å². The molecular weight excluding hydrogens is 210 g/mol. The van der Waals surface area contributed by atoms with E-state index in [9.17, 15) is 0 Å². The van der Waals surface area contributed by atoms with Crippen molar-refractivity contribution in [3.05, 3.63) is 0 Å². The summed E-state index contributed by atoms with van der Waals surface area (Å²) in [5.41, 5.74) is 9.68. The number of piperidine rings is 1. The molecule has 0 aromatic heterocycles. The minimum Gasteiger partial charge on any atom is -0.329 e. The molecule has 17 heavy (non-hydrogen) atoms. The lowest BCUT2D eigenvalue weighted by molar-refractivity contribution is 0.0924. The first-order valence-corrected chi connectivity index (χ1v) is 7.50. The third-order valence-electron chi connectivity index (χ3n) is 4.50. The van der Waals surface area contributed by atoms with Gasteiger partial charge in [0.15, 0.2) is 0 Å². The van der Waals surface area contributed by atoms with E-state index in [0.717, 1.165) is 18.4 Å². The summed E-state index contributed by atoms with van der Waals surface area (Å²) in [5.74, 6) is 1.69. The van der Waals surface area contributed by atoms with Gasteiger partial charge in [-0.2, -0.15) is 0 Å². The standard InChI is InChI=1S/C14H29N3/c1-12-6-5-7-13(10-12)14(11-15)16-17-8-3-2-4-9-17/h12-14,16H,2-11,15H2,1H3. The topological polar surface area (TPSA) is 41.3 Å². The second kappa shape index (κ2) is 6.72. The zero-order chi connectivity index (χ0) is 12.1. The van der Waals surface area contributed by atoms with Gasteiger partial charge in [0.05, 0.1) is 0 Å². The molecule has 2 aliphatic rings. The van der Waals surface area contributed by atoms with E-state index in [1.165, 1.54) is 58.0 Å². The van der Waals surface area contributed by atoms with Gasteiger partial charge in [0.25, 0.3) is 0 Å². The van der Waals surface area contributed by atoms with Crippen LogP contribution in [0.5, 0.6) is 0 Å². The summed E-state index contributed by atoms with van der Waals surface area (Å²) < 4.78 is 0. The molecule has 0 bridgehead atoms. The maximum absolute atomic E-state index is 5.98. The predicted octanol–water partition coefficient (Wildman–Crippen LogP) is 2.13. The maximum atomic E-state index is 5.98. The van der Waals surface area contributed by atoms with Crippen LogP contribution in [0.15, 0.2) is 0 Å². The van der Waals surface area contributed by atoms with Crippen molar-refractivity contribution in [2.75, 3.05) is 19.6 Å². The Balaban J connectivity index is 1.82. The van der Waals surface area contributed by atoms with E-state index in [1.807, 2.05) is 0 Å². The van der Waals surface area contributed by atoms with Crippen molar-refractivity contribution in [1.29, 1.82) is 0 Å². The van der Waals surface area contributed by atoms with Crippen LogP contribution >= 0.6 is 0 Å². The average Bonchev–Trinajstić information content (AvgIpc) is 2.37. The van der Waals surface area contributed by atoms with Gasteiger partial charge < -0.3 is 5.73 Å². The summed E-state index contributed by atoms with van der Waals surface area (Å²) in [6, 6.07) is 0.510. The van der Waals surface area contributed by atoms with Crippen LogP contribution in [0.25, 0.3) is 0 Å². The number of hydrogen-bond acceptors (Lipinski definition) is 3. The molecule has 3 heteroatoms. The molecule has 3 N–H and O–H groups in total. The normalized spacial score (nSPS) is 33.5. The molecule has 3 unspecified atom stereocenters. The van der Waals surface area contributed by atoms with E-state index in [-0.39, 0.29) is 0 Å². The number of nitrogens with one attached hydrogen (secondary N) is 1. The van der Waals surface area contributed by atoms with Crippen LogP contribution in [0.3, 0.4) is 0 Å². The molecule has 1 aliphatic carbocycles. The van der Waals surface area contributed by atoms with Crippen LogP contribution in [0.2, 0.25) is 0 Å². The Bertz CT molecular complexity index is 214. The molecule has 1 saturated carbocycles. The van der Waals surface area contributed by atoms with Gasteiger partial charge in [0.1, 0.15) is 0 Å². The first-order chi connectivity index (χ1) is 8.29. The van der Waals surface area contributed by atoms with E-state index in [0.29, 0.717) is 6.04 Å². The molecule has 0 spiro atoms. The predicted molar refractivity (Wildman–Crippen MR) is 72.5 cm³/mol. The molecular formula is C14H29N3. The fourth-order valence-corrected chi connectivity index (χ4v) is 3.45. The monoisotopic (exact) mass is 239 g/mol. The lowest BCUT2D eigenvalue weighted by atomic mass is 9.79. The molecule has 100 valence electrons. The molecule has 3 nitrogen and oxygen atoms in total. The van der Waals surface area contributed by atoms with Gasteiger partial charge in [-0.25, -0.2) is 5.01 Å². The van der Waals surface area contributed by atoms with Crippen LogP contribution in [0, 0.1) is 11.8 Å². The van der Waals surface area contributed by atoms with Crippen molar-refractivity contribution in [2.45, 2.75) is 57.9 Å². The third kappa shape index (κ3) is 3.94. The van der Waals surface area contributed by atoms with E-state index in [1.54, 1.807) is 0 Å². The number of nitrogens with two attached hydrogens (primary N) is 1. The smallest absolute Gasteiger partial charge is 0.0366 e. The molecule has 3 atom stereocenters. The lowest BCUT2D eigenvalue weighted by Gasteiger charge is -2.38. The SMILES string of the molecule is CC1CCCC(C(CN)NN2CCCCC2)C1. The largest absolute Gasteiger partial charge is 0.329 e. The zero-order valence-electron chi connectivity index (χ0n) is 11.3. The molecule has 1 saturated heterocycles. The maximum Gasteiger partial charge on any atom is 0.0366 e. The minimum absolute atomic E-state index is 0.510. The molecule has 0 radical (unpaired) electrons. The van der Waals surface area contributed by atoms with E-state index in [4.69, 9.17) is 5.73 Å². The van der Waals surface area contributed by atoms with Crippen molar-refractivity contribution in [1.82, 2.24) is 10.4 Å². The molecule has 2 fully saturated rings. The second-order valence-corrected chi connectivity index (χ2v) is 6.05. The summed E-state index contributed by atoms with van der Waals surface area (Å²) in [6.07, 6.45) is 9.61. The Kier molecular flexibility index (Phi) is 5.26. The number of rotatable bonds is 4. The van der Waals surface area contributed by atoms with Gasteiger partial charge in [-0.05, 0) is 37.5 Å². The van der Waals surface area contributed by atoms with Crippen molar-refractivity contribution in [3.63, 3.8) is 0 Å². The second-order valence-electron chi connectivity index (χ2n) is 6.05. The molecule has 0 aromatic rings. The quantitative estimate of drug-likeness (QED) is 0.789. The first-order valence-electron chi connectivity index (χ1n) is 7.50. The average molecular weight is 239 g/mol. The van der Waals surface area contributed by atoms with E-state index in [2.05, 4.69) is 17.4 Å². The third-order valence-corrected chi connectivity index (χ3v) is 4.50. The summed E-state index contributed by atoms with van der Waals surface area (Å²) >= 11 is 0. The van der Waals surface area contributed by atoms with Crippen molar-refractivity contribution >= 4 is 0 Å². The van der Waals surface area contributed by atoms with Crippen LogP contribution in [-0.4, -0.2) is 30.7 Å². The Hall–Kier alpha value is -0.120. The van der Waals surface area contributed by atoms with Gasteiger partial charge in [0, 0.05) is 25.7 Å². The summed E-state index contributed by atoms with van der Waals surface area (Å²) in [6.45, 7) is 5.59. The lowest BCUT2D eigenvalue weighted by Crippen LogP contribution is -2.53. The molecule has 1 aliphatic heterocycles. The number of nitrogens with zero attached hydrogens (tertiary/aromatic N) is 1. The van der Waals surface area contributed by atoms with Crippen molar-refractivity contribution in [2.24, 2.45) is 17.6 Å². The van der Waals surface area contributed by atoms with Gasteiger partial charge in [-0.3, -0.25) is 5.43 Å². The first kappa shape index (κ1) is 13.3. The summed E-state index contributed by atoms with van der Waals surface area (Å²) in [7, 11) is 0. The highest BCUT2D eigenvalue weighted by Gasteiger charge is 2.27. The Labute approximate surface area is 106 Å². The highest BCUT2D eigenvalue weighted by atomic mass is 15.5. The summed E-state index contributed by atoms with van der Waals surface area (Å²) in [5, 5.41) is 2.42. The number of hydrazine groups is 1. The molecule has 0 amide bonds. The highest BCUT2D eigenvalue weighted by Crippen LogP contribution is 2.30. The van der Waals surface area contributed by atoms with Gasteiger partial charge in [-0.15, -0.1) is 0 Å². The number of hydrogen-bond donors (Lipinski definition) is 2. The van der Waals surface area contributed by atoms with Gasteiger partial charge in [0.2, 0.25) is 0 Å². The Morgan fingerprint density at radius 3 is 2.59 bits per heavy atom. The fourth-order valence-electron chi connectivity index (χ4n) is 3.45. The Morgan fingerprint density at radius 2 is 1.94 bits per heavy atom. The van der Waals surface area contributed by atoms with E-state index >= 15 is 0 Å². The fraction of sp³-hybridized carbons (Fsp3) is 1.00. The van der Waals surface area contributed by atoms with Crippen LogP contribution in [-0.2, 0) is 0 Å². The van der Waals surface area contributed by atoms with E-state index < -0.39 is 0 Å². The zero-order valence-corrected chi connectivity index (χ0v) is 11.3. The van der Waals surface area contributed by atoms with Gasteiger partial charge >= 0.3 is 0 Å².